The Balaban J connectivity index is 1.70. The molecule has 0 aliphatic rings. The molecule has 0 fully saturated rings. The number of carbonyl (C=O) groups is 1. The summed E-state index contributed by atoms with van der Waals surface area (Å²) in [4.78, 5) is 29.2. The SMILES string of the molecule is C[C@H](Cc1cccc(F)c1)C(=O)NCc1nc2ccccc2c(=O)n1C. The highest BCUT2D eigenvalue weighted by Gasteiger charge is 2.15. The van der Waals surface area contributed by atoms with Gasteiger partial charge < -0.3 is 5.32 Å². The van der Waals surface area contributed by atoms with Gasteiger partial charge in [-0.3, -0.25) is 14.2 Å². The molecule has 3 rings (SSSR count). The molecule has 0 spiro atoms. The normalized spacial score (nSPS) is 12.1. The lowest BCUT2D eigenvalue weighted by molar-refractivity contribution is -0.124. The second-order valence-corrected chi connectivity index (χ2v) is 6.36. The van der Waals surface area contributed by atoms with Crippen molar-refractivity contribution in [1.29, 1.82) is 0 Å². The van der Waals surface area contributed by atoms with Crippen LogP contribution < -0.4 is 10.9 Å². The van der Waals surface area contributed by atoms with Crippen molar-refractivity contribution >= 4 is 16.8 Å². The number of hydrogen-bond acceptors (Lipinski definition) is 3. The second kappa shape index (κ2) is 7.47. The summed E-state index contributed by atoms with van der Waals surface area (Å²) in [6.45, 7) is 1.94. The van der Waals surface area contributed by atoms with Crippen molar-refractivity contribution in [3.05, 3.63) is 76.1 Å². The molecule has 26 heavy (non-hydrogen) atoms. The van der Waals surface area contributed by atoms with Crippen LogP contribution in [-0.4, -0.2) is 15.5 Å². The van der Waals surface area contributed by atoms with Crippen molar-refractivity contribution in [3.63, 3.8) is 0 Å². The number of nitrogens with one attached hydrogen (secondary N) is 1. The number of rotatable bonds is 5. The molecule has 5 nitrogen and oxygen atoms in total. The van der Waals surface area contributed by atoms with E-state index in [0.717, 1.165) is 5.56 Å². The maximum absolute atomic E-state index is 13.3. The molecule has 2 aromatic carbocycles. The lowest BCUT2D eigenvalue weighted by Crippen LogP contribution is -2.33. The average Bonchev–Trinajstić information content (AvgIpc) is 2.63. The molecule has 0 aliphatic heterocycles. The highest BCUT2D eigenvalue weighted by molar-refractivity contribution is 5.79. The van der Waals surface area contributed by atoms with Gasteiger partial charge in [0.1, 0.15) is 11.6 Å². The molecule has 1 N–H and O–H groups in total. The van der Waals surface area contributed by atoms with Gasteiger partial charge in [-0.05, 0) is 36.2 Å². The number of hydrogen-bond donors (Lipinski definition) is 1. The summed E-state index contributed by atoms with van der Waals surface area (Å²) >= 11 is 0. The summed E-state index contributed by atoms with van der Waals surface area (Å²) in [7, 11) is 1.64. The molecule has 1 amide bonds. The number of aromatic nitrogens is 2. The fourth-order valence-corrected chi connectivity index (χ4v) is 2.87. The van der Waals surface area contributed by atoms with Gasteiger partial charge in [0.25, 0.3) is 5.56 Å². The van der Waals surface area contributed by atoms with E-state index in [2.05, 4.69) is 10.3 Å². The lowest BCUT2D eigenvalue weighted by atomic mass is 10.0. The highest BCUT2D eigenvalue weighted by atomic mass is 19.1. The van der Waals surface area contributed by atoms with Crippen molar-refractivity contribution in [2.24, 2.45) is 13.0 Å². The Bertz CT molecular complexity index is 1010. The number of amides is 1. The fraction of sp³-hybridized carbons (Fsp3) is 0.250. The van der Waals surface area contributed by atoms with E-state index >= 15 is 0 Å². The largest absolute Gasteiger partial charge is 0.349 e. The molecule has 0 aliphatic carbocycles. The molecule has 0 radical (unpaired) electrons. The van der Waals surface area contributed by atoms with Gasteiger partial charge in [-0.2, -0.15) is 0 Å². The van der Waals surface area contributed by atoms with E-state index in [-0.39, 0.29) is 29.7 Å². The number of benzene rings is 2. The predicted octanol–water partition coefficient (Wildman–Crippen LogP) is 2.57. The van der Waals surface area contributed by atoms with Crippen LogP contribution in [0.1, 0.15) is 18.3 Å². The predicted molar refractivity (Wildman–Crippen MR) is 98.1 cm³/mol. The average molecular weight is 353 g/mol. The number of halogens is 1. The van der Waals surface area contributed by atoms with Crippen LogP contribution in [-0.2, 0) is 24.8 Å². The topological polar surface area (TPSA) is 64.0 Å². The first-order chi connectivity index (χ1) is 12.5. The van der Waals surface area contributed by atoms with E-state index in [1.165, 1.54) is 16.7 Å². The van der Waals surface area contributed by atoms with Gasteiger partial charge in [0, 0.05) is 13.0 Å². The molecule has 6 heteroatoms. The molecular formula is C20H20FN3O2. The first-order valence-corrected chi connectivity index (χ1v) is 8.42. The van der Waals surface area contributed by atoms with Crippen molar-refractivity contribution in [2.75, 3.05) is 0 Å². The number of para-hydroxylation sites is 1. The summed E-state index contributed by atoms with van der Waals surface area (Å²) < 4.78 is 14.7. The Morgan fingerprint density at radius 1 is 1.23 bits per heavy atom. The minimum atomic E-state index is -0.325. The van der Waals surface area contributed by atoms with E-state index in [9.17, 15) is 14.0 Å². The molecule has 3 aromatic rings. The third kappa shape index (κ3) is 3.79. The monoisotopic (exact) mass is 353 g/mol. The zero-order valence-electron chi connectivity index (χ0n) is 14.7. The maximum atomic E-state index is 13.3. The molecular weight excluding hydrogens is 333 g/mol. The molecule has 0 saturated carbocycles. The highest BCUT2D eigenvalue weighted by Crippen LogP contribution is 2.11. The van der Waals surface area contributed by atoms with Crippen molar-refractivity contribution < 1.29 is 9.18 Å². The van der Waals surface area contributed by atoms with Crippen molar-refractivity contribution in [1.82, 2.24) is 14.9 Å². The van der Waals surface area contributed by atoms with Crippen LogP contribution in [0, 0.1) is 11.7 Å². The van der Waals surface area contributed by atoms with Gasteiger partial charge in [-0.15, -0.1) is 0 Å². The molecule has 1 heterocycles. The van der Waals surface area contributed by atoms with E-state index in [0.29, 0.717) is 23.1 Å². The molecule has 1 atom stereocenters. The third-order valence-corrected chi connectivity index (χ3v) is 4.38. The van der Waals surface area contributed by atoms with E-state index < -0.39 is 0 Å². The molecule has 0 saturated heterocycles. The van der Waals surface area contributed by atoms with Crippen LogP contribution in [0.3, 0.4) is 0 Å². The standard InChI is InChI=1S/C20H20FN3O2/c1-13(10-14-6-5-7-15(21)11-14)19(25)22-12-18-23-17-9-4-3-8-16(17)20(26)24(18)2/h3-9,11,13H,10,12H2,1-2H3,(H,22,25)/t13-/m1/s1. The lowest BCUT2D eigenvalue weighted by Gasteiger charge is -2.14. The fourth-order valence-electron chi connectivity index (χ4n) is 2.87. The smallest absolute Gasteiger partial charge is 0.261 e. The quantitative estimate of drug-likeness (QED) is 0.767. The Morgan fingerprint density at radius 2 is 2.00 bits per heavy atom. The first kappa shape index (κ1) is 17.8. The van der Waals surface area contributed by atoms with Crippen molar-refractivity contribution in [2.45, 2.75) is 19.9 Å². The van der Waals surface area contributed by atoms with Crippen molar-refractivity contribution in [3.8, 4) is 0 Å². The van der Waals surface area contributed by atoms with Crippen LogP contribution in [0.15, 0.2) is 53.3 Å². The van der Waals surface area contributed by atoms with Gasteiger partial charge in [-0.25, -0.2) is 9.37 Å². The van der Waals surface area contributed by atoms with Crippen LogP contribution in [0.25, 0.3) is 10.9 Å². The van der Waals surface area contributed by atoms with Gasteiger partial charge in [0.15, 0.2) is 0 Å². The molecule has 0 unspecified atom stereocenters. The summed E-state index contributed by atoms with van der Waals surface area (Å²) in [6.07, 6.45) is 0.438. The van der Waals surface area contributed by atoms with E-state index in [1.807, 2.05) is 6.07 Å². The molecule has 134 valence electrons. The first-order valence-electron chi connectivity index (χ1n) is 8.42. The Kier molecular flexibility index (Phi) is 5.11. The van der Waals surface area contributed by atoms with Crippen LogP contribution in [0.5, 0.6) is 0 Å². The summed E-state index contributed by atoms with van der Waals surface area (Å²) in [5.41, 5.74) is 1.23. The van der Waals surface area contributed by atoms with Crippen LogP contribution in [0.2, 0.25) is 0 Å². The van der Waals surface area contributed by atoms with Gasteiger partial charge >= 0.3 is 0 Å². The maximum Gasteiger partial charge on any atom is 0.261 e. The number of carbonyl (C=O) groups excluding carboxylic acids is 1. The third-order valence-electron chi connectivity index (χ3n) is 4.38. The zero-order valence-corrected chi connectivity index (χ0v) is 14.7. The van der Waals surface area contributed by atoms with E-state index in [4.69, 9.17) is 0 Å². The number of fused-ring (bicyclic) bond motifs is 1. The second-order valence-electron chi connectivity index (χ2n) is 6.36. The Morgan fingerprint density at radius 3 is 2.77 bits per heavy atom. The van der Waals surface area contributed by atoms with Crippen LogP contribution >= 0.6 is 0 Å². The summed E-state index contributed by atoms with van der Waals surface area (Å²) in [6, 6.07) is 13.3. The molecule has 0 bridgehead atoms. The molecule has 1 aromatic heterocycles. The summed E-state index contributed by atoms with van der Waals surface area (Å²) in [5.74, 6) is -0.323. The Labute approximate surface area is 150 Å². The summed E-state index contributed by atoms with van der Waals surface area (Å²) in [5, 5.41) is 3.36. The number of nitrogens with zero attached hydrogens (tertiary/aromatic N) is 2. The zero-order chi connectivity index (χ0) is 18.7. The Hall–Kier alpha value is -3.02. The van der Waals surface area contributed by atoms with Crippen LogP contribution in [0.4, 0.5) is 4.39 Å². The van der Waals surface area contributed by atoms with Gasteiger partial charge in [0.2, 0.25) is 5.91 Å². The minimum Gasteiger partial charge on any atom is -0.349 e. The van der Waals surface area contributed by atoms with E-state index in [1.54, 1.807) is 44.3 Å². The van der Waals surface area contributed by atoms with Gasteiger partial charge in [0.05, 0.1) is 17.4 Å². The minimum absolute atomic E-state index is 0.146. The van der Waals surface area contributed by atoms with Gasteiger partial charge in [-0.1, -0.05) is 31.2 Å².